The maximum Gasteiger partial charge on any atom is 0.119 e. The first kappa shape index (κ1) is 17.0. The lowest BCUT2D eigenvalue weighted by Crippen LogP contribution is -2.30. The minimum absolute atomic E-state index is 0.0103. The number of benzene rings is 2. The minimum atomic E-state index is -0.536. The Hall–Kier alpha value is -1.84. The molecular formula is C21H27NO2. The summed E-state index contributed by atoms with van der Waals surface area (Å²) in [6.45, 7) is 4.92. The molecule has 0 bridgehead atoms. The lowest BCUT2D eigenvalue weighted by molar-refractivity contribution is 0.0607. The zero-order chi connectivity index (χ0) is 16.8. The van der Waals surface area contributed by atoms with Crippen LogP contribution in [0.5, 0.6) is 5.75 Å². The van der Waals surface area contributed by atoms with Crippen molar-refractivity contribution in [1.29, 1.82) is 0 Å². The van der Waals surface area contributed by atoms with Crippen molar-refractivity contribution < 1.29 is 9.84 Å². The standard InChI is InChI=1S/C21H27NO2/c1-2-16-24-19-12-10-18(11-13-19)21(23)20(22-14-6-7-15-22)17-8-4-3-5-9-17/h3-5,8-13,20-21,23H,2,6-7,14-16H2,1H3/t20-,21+/m1/s1. The third-order valence-corrected chi connectivity index (χ3v) is 4.67. The first-order chi connectivity index (χ1) is 11.8. The highest BCUT2D eigenvalue weighted by Gasteiger charge is 2.30. The van der Waals surface area contributed by atoms with Gasteiger partial charge in [0, 0.05) is 0 Å². The van der Waals surface area contributed by atoms with Gasteiger partial charge in [-0.15, -0.1) is 0 Å². The molecule has 3 rings (SSSR count). The Morgan fingerprint density at radius 3 is 2.25 bits per heavy atom. The fraction of sp³-hybridized carbons (Fsp3) is 0.429. The summed E-state index contributed by atoms with van der Waals surface area (Å²) in [5.74, 6) is 0.866. The molecule has 1 aliphatic heterocycles. The Labute approximate surface area is 144 Å². The summed E-state index contributed by atoms with van der Waals surface area (Å²) in [7, 11) is 0. The van der Waals surface area contributed by atoms with Gasteiger partial charge < -0.3 is 9.84 Å². The molecule has 2 atom stereocenters. The van der Waals surface area contributed by atoms with Crippen LogP contribution in [0.3, 0.4) is 0 Å². The summed E-state index contributed by atoms with van der Waals surface area (Å²) in [5, 5.41) is 11.1. The molecule has 0 aliphatic carbocycles. The first-order valence-electron chi connectivity index (χ1n) is 8.99. The predicted molar refractivity (Wildman–Crippen MR) is 97.2 cm³/mol. The fourth-order valence-electron chi connectivity index (χ4n) is 3.43. The molecular weight excluding hydrogens is 298 g/mol. The van der Waals surface area contributed by atoms with Crippen LogP contribution in [-0.4, -0.2) is 29.7 Å². The Balaban J connectivity index is 1.81. The number of nitrogens with zero attached hydrogens (tertiary/aromatic N) is 1. The monoisotopic (exact) mass is 325 g/mol. The summed E-state index contributed by atoms with van der Waals surface area (Å²) >= 11 is 0. The van der Waals surface area contributed by atoms with Crippen LogP contribution in [0.2, 0.25) is 0 Å². The van der Waals surface area contributed by atoms with Gasteiger partial charge in [0.15, 0.2) is 0 Å². The molecule has 0 amide bonds. The second-order valence-electron chi connectivity index (χ2n) is 6.46. The maximum absolute atomic E-state index is 11.1. The minimum Gasteiger partial charge on any atom is -0.494 e. The lowest BCUT2D eigenvalue weighted by atomic mass is 9.94. The van der Waals surface area contributed by atoms with Crippen molar-refractivity contribution in [2.24, 2.45) is 0 Å². The second-order valence-corrected chi connectivity index (χ2v) is 6.46. The number of ether oxygens (including phenoxy) is 1. The van der Waals surface area contributed by atoms with E-state index in [0.29, 0.717) is 0 Å². The lowest BCUT2D eigenvalue weighted by Gasteiger charge is -2.32. The highest BCUT2D eigenvalue weighted by atomic mass is 16.5. The van der Waals surface area contributed by atoms with Crippen LogP contribution in [0.15, 0.2) is 54.6 Å². The highest BCUT2D eigenvalue weighted by Crippen LogP contribution is 2.36. The SMILES string of the molecule is CCCOc1ccc([C@H](O)[C@@H](c2ccccc2)N2CCCC2)cc1. The van der Waals surface area contributed by atoms with Gasteiger partial charge >= 0.3 is 0 Å². The number of aliphatic hydroxyl groups excluding tert-OH is 1. The number of hydrogen-bond acceptors (Lipinski definition) is 3. The van der Waals surface area contributed by atoms with Crippen molar-refractivity contribution in [2.45, 2.75) is 38.3 Å². The van der Waals surface area contributed by atoms with Crippen LogP contribution in [0.25, 0.3) is 0 Å². The molecule has 1 saturated heterocycles. The van der Waals surface area contributed by atoms with Crippen molar-refractivity contribution in [2.75, 3.05) is 19.7 Å². The summed E-state index contributed by atoms with van der Waals surface area (Å²) in [4.78, 5) is 2.40. The van der Waals surface area contributed by atoms with E-state index in [9.17, 15) is 5.11 Å². The van der Waals surface area contributed by atoms with Crippen LogP contribution in [-0.2, 0) is 0 Å². The Kier molecular flexibility index (Phi) is 5.89. The topological polar surface area (TPSA) is 32.7 Å². The Morgan fingerprint density at radius 1 is 0.958 bits per heavy atom. The Morgan fingerprint density at radius 2 is 1.62 bits per heavy atom. The predicted octanol–water partition coefficient (Wildman–Crippen LogP) is 4.35. The third kappa shape index (κ3) is 3.97. The van der Waals surface area contributed by atoms with Crippen molar-refractivity contribution in [3.05, 3.63) is 65.7 Å². The molecule has 0 aromatic heterocycles. The molecule has 0 radical (unpaired) electrons. The van der Waals surface area contributed by atoms with Gasteiger partial charge in [0.05, 0.1) is 18.8 Å². The molecule has 24 heavy (non-hydrogen) atoms. The summed E-state index contributed by atoms with van der Waals surface area (Å²) in [6, 6.07) is 18.3. The molecule has 128 valence electrons. The second kappa shape index (κ2) is 8.32. The number of aliphatic hydroxyl groups is 1. The van der Waals surface area contributed by atoms with E-state index in [4.69, 9.17) is 4.74 Å². The van der Waals surface area contributed by atoms with E-state index in [0.717, 1.165) is 37.4 Å². The summed E-state index contributed by atoms with van der Waals surface area (Å²) < 4.78 is 5.64. The Bertz CT molecular complexity index is 605. The van der Waals surface area contributed by atoms with Crippen LogP contribution in [0.4, 0.5) is 0 Å². The van der Waals surface area contributed by atoms with Crippen molar-refractivity contribution in [3.63, 3.8) is 0 Å². The number of likely N-dealkylation sites (tertiary alicyclic amines) is 1. The molecule has 1 aliphatic rings. The van der Waals surface area contributed by atoms with Crippen LogP contribution in [0.1, 0.15) is 49.5 Å². The van der Waals surface area contributed by atoms with E-state index in [2.05, 4.69) is 24.0 Å². The van der Waals surface area contributed by atoms with Gasteiger partial charge in [-0.05, 0) is 55.6 Å². The average Bonchev–Trinajstić information content (AvgIpc) is 3.15. The van der Waals surface area contributed by atoms with Crippen molar-refractivity contribution in [1.82, 2.24) is 4.90 Å². The molecule has 0 spiro atoms. The molecule has 1 N–H and O–H groups in total. The summed E-state index contributed by atoms with van der Waals surface area (Å²) in [6.07, 6.45) is 2.88. The van der Waals surface area contributed by atoms with Crippen molar-refractivity contribution in [3.8, 4) is 5.75 Å². The van der Waals surface area contributed by atoms with Gasteiger partial charge in [-0.25, -0.2) is 0 Å². The number of rotatable bonds is 7. The van der Waals surface area contributed by atoms with Gasteiger partial charge in [0.2, 0.25) is 0 Å². The van der Waals surface area contributed by atoms with E-state index in [1.807, 2.05) is 42.5 Å². The normalized spacial score (nSPS) is 17.6. The van der Waals surface area contributed by atoms with Gasteiger partial charge in [-0.3, -0.25) is 4.90 Å². The first-order valence-corrected chi connectivity index (χ1v) is 8.99. The van der Waals surface area contributed by atoms with E-state index in [1.54, 1.807) is 0 Å². The highest BCUT2D eigenvalue weighted by molar-refractivity contribution is 5.31. The van der Waals surface area contributed by atoms with Crippen LogP contribution < -0.4 is 4.74 Å². The van der Waals surface area contributed by atoms with E-state index >= 15 is 0 Å². The smallest absolute Gasteiger partial charge is 0.119 e. The van der Waals surface area contributed by atoms with Gasteiger partial charge in [-0.2, -0.15) is 0 Å². The fourth-order valence-corrected chi connectivity index (χ4v) is 3.43. The molecule has 0 saturated carbocycles. The molecule has 3 nitrogen and oxygen atoms in total. The van der Waals surface area contributed by atoms with Gasteiger partial charge in [0.25, 0.3) is 0 Å². The average molecular weight is 325 g/mol. The molecule has 0 unspecified atom stereocenters. The van der Waals surface area contributed by atoms with E-state index < -0.39 is 6.10 Å². The van der Waals surface area contributed by atoms with Gasteiger partial charge in [0.1, 0.15) is 5.75 Å². The van der Waals surface area contributed by atoms with E-state index in [1.165, 1.54) is 18.4 Å². The van der Waals surface area contributed by atoms with Crippen LogP contribution in [0, 0.1) is 0 Å². The zero-order valence-electron chi connectivity index (χ0n) is 14.4. The largest absolute Gasteiger partial charge is 0.494 e. The summed E-state index contributed by atoms with van der Waals surface area (Å²) in [5.41, 5.74) is 2.12. The molecule has 1 heterocycles. The molecule has 1 fully saturated rings. The van der Waals surface area contributed by atoms with Crippen LogP contribution >= 0.6 is 0 Å². The maximum atomic E-state index is 11.1. The quantitative estimate of drug-likeness (QED) is 0.821. The van der Waals surface area contributed by atoms with Gasteiger partial charge in [-0.1, -0.05) is 49.4 Å². The van der Waals surface area contributed by atoms with E-state index in [-0.39, 0.29) is 6.04 Å². The van der Waals surface area contributed by atoms with Crippen molar-refractivity contribution >= 4 is 0 Å². The molecule has 2 aromatic rings. The molecule has 2 aromatic carbocycles. The third-order valence-electron chi connectivity index (χ3n) is 4.67. The zero-order valence-corrected chi connectivity index (χ0v) is 14.4. The molecule has 3 heteroatoms. The number of hydrogen-bond donors (Lipinski definition) is 1.